The minimum Gasteiger partial charge on any atom is -0.506 e. The Balaban J connectivity index is 0.000000169. The van der Waals surface area contributed by atoms with Crippen molar-refractivity contribution in [2.75, 3.05) is 32.4 Å². The van der Waals surface area contributed by atoms with Gasteiger partial charge in [-0.1, -0.05) is 0 Å². The van der Waals surface area contributed by atoms with Gasteiger partial charge in [-0.3, -0.25) is 38.9 Å². The van der Waals surface area contributed by atoms with E-state index in [9.17, 15) is 34.2 Å². The van der Waals surface area contributed by atoms with Gasteiger partial charge in [-0.15, -0.1) is 0 Å². The predicted molar refractivity (Wildman–Crippen MR) is 306 cm³/mol. The van der Waals surface area contributed by atoms with Crippen LogP contribution in [0.2, 0.25) is 0 Å². The van der Waals surface area contributed by atoms with Crippen LogP contribution in [0.5, 0.6) is 46.0 Å². The Hall–Kier alpha value is -11.2. The lowest BCUT2D eigenvalue weighted by Gasteiger charge is -2.11. The number of nitrogens with zero attached hydrogens (tertiary/aromatic N) is 10. The number of oxazole rings is 1. The minimum atomic E-state index is -0.666. The molecule has 0 saturated heterocycles. The molecule has 84 heavy (non-hydrogen) atoms. The third-order valence-electron chi connectivity index (χ3n) is 11.4. The molecule has 27 heteroatoms. The molecule has 1 amide bonds. The molecule has 0 fully saturated rings. The van der Waals surface area contributed by atoms with Crippen molar-refractivity contribution in [2.45, 2.75) is 19.8 Å². The van der Waals surface area contributed by atoms with Crippen LogP contribution in [0.1, 0.15) is 38.1 Å². The maximum absolute atomic E-state index is 12.3. The van der Waals surface area contributed by atoms with E-state index in [0.717, 1.165) is 23.8 Å². The van der Waals surface area contributed by atoms with Crippen LogP contribution in [0.3, 0.4) is 0 Å². The van der Waals surface area contributed by atoms with Crippen molar-refractivity contribution in [3.8, 4) is 57.6 Å². The van der Waals surface area contributed by atoms with Crippen molar-refractivity contribution in [3.05, 3.63) is 206 Å². The van der Waals surface area contributed by atoms with Crippen LogP contribution in [0.15, 0.2) is 166 Å². The number of phenolic OH excluding ortho intramolecular Hbond substituents is 2. The molecular formula is C57H53ClN12O14. The smallest absolute Gasteiger partial charge is 0.275 e. The summed E-state index contributed by atoms with van der Waals surface area (Å²) in [7, 11) is 9.43. The van der Waals surface area contributed by atoms with Crippen LogP contribution in [0, 0.1) is 0 Å². The number of methoxy groups -OCH3 is 3. The van der Waals surface area contributed by atoms with Crippen LogP contribution in [-0.2, 0) is 41.0 Å². The van der Waals surface area contributed by atoms with Gasteiger partial charge in [0.25, 0.3) is 27.8 Å². The molecule has 0 spiro atoms. The zero-order chi connectivity index (χ0) is 60.3. The van der Waals surface area contributed by atoms with Crippen molar-refractivity contribution in [2.24, 2.45) is 21.1 Å². The van der Waals surface area contributed by atoms with Crippen molar-refractivity contribution in [1.82, 2.24) is 48.6 Å². The number of anilines is 2. The van der Waals surface area contributed by atoms with Gasteiger partial charge in [0, 0.05) is 57.9 Å². The molecule has 10 aromatic rings. The van der Waals surface area contributed by atoms with Crippen LogP contribution < -0.4 is 56.1 Å². The second kappa shape index (κ2) is 28.8. The predicted octanol–water partition coefficient (Wildman–Crippen LogP) is 6.41. The summed E-state index contributed by atoms with van der Waals surface area (Å²) in [6.45, 7) is 0.848. The standard InChI is InChI=1S/C19H18N4O5.C19H16N4O4.C13H14N2O3.C6H5ClN2O2/c1-23-10-16(21-9-18(23)25)19(26)22-15-7-13(5-6-17(15)24)28-11-12-3-4-14(27-2)8-20-12;1-23-10-16(21-9-18(23)24)19-22-15-7-13(5-6-17(15)27-19)26-11-12-3-4-14(25-2)8-20-12;1-17-11-3-2-9(15-7-11)8-18-10-4-5-13(16)12(14)6-10;1-9-3-4(6(7)11)8-2-5(9)10/h3-10,24H,11H2,1-2H3,(H,22,26);3-10H,11H2,1-2H3;2-7,16H,8,14H2,1H3;2-3H,1H3. The fraction of sp³-hybridized carbons (Fsp3) is 0.158. The van der Waals surface area contributed by atoms with Crippen molar-refractivity contribution in [3.63, 3.8) is 0 Å². The number of fused-ring (bicyclic) bond motifs is 1. The number of nitrogen functional groups attached to an aromatic ring is 1. The monoisotopic (exact) mass is 1160 g/mol. The number of hydrogen-bond acceptors (Lipinski definition) is 22. The molecule has 5 N–H and O–H groups in total. The minimum absolute atomic E-state index is 0.0373. The Morgan fingerprint density at radius 1 is 0.548 bits per heavy atom. The first-order valence-electron chi connectivity index (χ1n) is 24.6. The van der Waals surface area contributed by atoms with Crippen molar-refractivity contribution in [1.29, 1.82) is 0 Å². The molecule has 0 saturated carbocycles. The average Bonchev–Trinajstić information content (AvgIpc) is 3.38. The number of rotatable bonds is 16. The molecule has 0 aliphatic rings. The van der Waals surface area contributed by atoms with Crippen LogP contribution in [-0.4, -0.2) is 91.3 Å². The Morgan fingerprint density at radius 2 is 0.988 bits per heavy atom. The number of carbonyl (C=O) groups is 2. The Labute approximate surface area is 481 Å². The molecule has 432 valence electrons. The van der Waals surface area contributed by atoms with Gasteiger partial charge in [0.05, 0.1) is 87.0 Å². The summed E-state index contributed by atoms with van der Waals surface area (Å²) in [4.78, 5) is 84.9. The highest BCUT2D eigenvalue weighted by molar-refractivity contribution is 6.67. The molecule has 0 bridgehead atoms. The maximum atomic E-state index is 12.3. The summed E-state index contributed by atoms with van der Waals surface area (Å²) in [5.74, 6) is 3.39. The third-order valence-corrected chi connectivity index (χ3v) is 11.6. The first-order chi connectivity index (χ1) is 40.4. The number of pyridine rings is 3. The van der Waals surface area contributed by atoms with Crippen LogP contribution in [0.4, 0.5) is 11.4 Å². The summed E-state index contributed by atoms with van der Waals surface area (Å²) >= 11 is 5.11. The van der Waals surface area contributed by atoms with E-state index >= 15 is 0 Å². The molecule has 7 aromatic heterocycles. The number of benzene rings is 3. The molecule has 3 aromatic carbocycles. The van der Waals surface area contributed by atoms with E-state index in [1.807, 2.05) is 24.3 Å². The average molecular weight is 1170 g/mol. The Kier molecular flexibility index (Phi) is 20.8. The lowest BCUT2D eigenvalue weighted by atomic mass is 10.2. The highest BCUT2D eigenvalue weighted by atomic mass is 35.5. The lowest BCUT2D eigenvalue weighted by molar-refractivity contribution is 0.101. The molecule has 0 atom stereocenters. The quantitative estimate of drug-likeness (QED) is 0.0461. The summed E-state index contributed by atoms with van der Waals surface area (Å²) in [5.41, 5.74) is 9.30. The molecule has 26 nitrogen and oxygen atoms in total. The largest absolute Gasteiger partial charge is 0.506 e. The molecule has 0 unspecified atom stereocenters. The number of aryl methyl sites for hydroxylation is 3. The van der Waals surface area contributed by atoms with Gasteiger partial charge >= 0.3 is 0 Å². The van der Waals surface area contributed by atoms with Crippen molar-refractivity contribution < 1.29 is 52.6 Å². The number of aromatic nitrogens is 10. The van der Waals surface area contributed by atoms with Gasteiger partial charge in [0.2, 0.25) is 5.89 Å². The van der Waals surface area contributed by atoms with E-state index in [-0.39, 0.29) is 57.5 Å². The zero-order valence-electron chi connectivity index (χ0n) is 45.7. The summed E-state index contributed by atoms with van der Waals surface area (Å²) in [6.07, 6.45) is 12.4. The number of ether oxygens (including phenoxy) is 6. The molecular weight excluding hydrogens is 1110 g/mol. The van der Waals surface area contributed by atoms with E-state index in [1.54, 1.807) is 102 Å². The van der Waals surface area contributed by atoms with Crippen molar-refractivity contribution >= 4 is 45.2 Å². The number of carbonyl (C=O) groups excluding carboxylic acids is 2. The SMILES string of the molecule is COc1ccc(COc2ccc(O)c(N)c2)nc1.COc1ccc(COc2ccc(O)c(NC(=O)c3cn(C)c(=O)cn3)c2)nc1.COc1ccc(COc2ccc3oc(-c4cn(C)c(=O)cn4)nc3c2)nc1.Cn1cc(C(=O)Cl)ncc1=O. The van der Waals surface area contributed by atoms with E-state index in [4.69, 9.17) is 50.2 Å². The van der Waals surface area contributed by atoms with Gasteiger partial charge in [-0.05, 0) is 84.4 Å². The fourth-order valence-corrected chi connectivity index (χ4v) is 6.86. The lowest BCUT2D eigenvalue weighted by Crippen LogP contribution is -2.21. The van der Waals surface area contributed by atoms with Gasteiger partial charge < -0.3 is 67.8 Å². The Bertz CT molecular complexity index is 4060. The molecule has 0 aliphatic carbocycles. The van der Waals surface area contributed by atoms with Crippen LogP contribution in [0.25, 0.3) is 22.7 Å². The number of hydrogen-bond donors (Lipinski definition) is 4. The van der Waals surface area contributed by atoms with Crippen LogP contribution >= 0.6 is 11.6 Å². The maximum Gasteiger partial charge on any atom is 0.275 e. The molecule has 7 heterocycles. The second-order valence-electron chi connectivity index (χ2n) is 17.4. The van der Waals surface area contributed by atoms with Gasteiger partial charge in [0.15, 0.2) is 5.58 Å². The number of halogens is 1. The van der Waals surface area contributed by atoms with Gasteiger partial charge in [-0.25, -0.2) is 19.9 Å². The van der Waals surface area contributed by atoms with E-state index in [2.05, 4.69) is 40.2 Å². The Morgan fingerprint density at radius 3 is 1.45 bits per heavy atom. The number of nitrogens with one attached hydrogen (secondary N) is 1. The zero-order valence-corrected chi connectivity index (χ0v) is 46.5. The van der Waals surface area contributed by atoms with Gasteiger partial charge in [-0.2, -0.15) is 0 Å². The van der Waals surface area contributed by atoms with E-state index in [1.165, 1.54) is 64.6 Å². The fourth-order valence-electron chi connectivity index (χ4n) is 6.76. The first kappa shape index (κ1) is 60.5. The number of aromatic hydroxyl groups is 2. The molecule has 10 rings (SSSR count). The molecule has 0 aliphatic heterocycles. The third kappa shape index (κ3) is 17.2. The number of nitrogens with two attached hydrogens (primary N) is 1. The molecule has 0 radical (unpaired) electrons. The highest BCUT2D eigenvalue weighted by Crippen LogP contribution is 2.30. The van der Waals surface area contributed by atoms with E-state index in [0.29, 0.717) is 76.1 Å². The normalized spacial score (nSPS) is 10.4. The highest BCUT2D eigenvalue weighted by Gasteiger charge is 2.15. The summed E-state index contributed by atoms with van der Waals surface area (Å²) < 4.78 is 41.7. The van der Waals surface area contributed by atoms with E-state index < -0.39 is 11.1 Å². The van der Waals surface area contributed by atoms with Gasteiger partial charge in [0.1, 0.15) is 88.4 Å². The first-order valence-corrected chi connectivity index (χ1v) is 25.0. The number of phenols is 2. The number of amides is 1. The topological polar surface area (TPSA) is 337 Å². The summed E-state index contributed by atoms with van der Waals surface area (Å²) in [5, 5.41) is 21.2. The summed E-state index contributed by atoms with van der Waals surface area (Å²) in [6, 6.07) is 25.4. The second-order valence-corrected chi connectivity index (χ2v) is 17.7.